The lowest BCUT2D eigenvalue weighted by Crippen LogP contribution is -2.08. The molecule has 1 aromatic carbocycles. The van der Waals surface area contributed by atoms with E-state index in [1.54, 1.807) is 31.3 Å². The van der Waals surface area contributed by atoms with Gasteiger partial charge in [-0.2, -0.15) is 18.3 Å². The van der Waals surface area contributed by atoms with Crippen LogP contribution in [0.4, 0.5) is 19.0 Å². The molecule has 102 valence electrons. The summed E-state index contributed by atoms with van der Waals surface area (Å²) in [4.78, 5) is 0. The molecule has 0 saturated carbocycles. The molecule has 7 heteroatoms. The first-order valence-corrected chi connectivity index (χ1v) is 5.83. The van der Waals surface area contributed by atoms with Gasteiger partial charge in [0.2, 0.25) is 0 Å². The first kappa shape index (κ1) is 13.7. The summed E-state index contributed by atoms with van der Waals surface area (Å²) in [7, 11) is 1.55. The summed E-state index contributed by atoms with van der Waals surface area (Å²) in [5.74, 6) is 0.287. The molecule has 1 aromatic heterocycles. The normalized spacial score (nSPS) is 11.7. The SMILES string of the molecule is CNc1c(C)c(C(F)(F)F)nn1-c1cccc(Cl)c1. The number of alkyl halides is 3. The highest BCUT2D eigenvalue weighted by atomic mass is 35.5. The van der Waals surface area contributed by atoms with Gasteiger partial charge in [-0.3, -0.25) is 0 Å². The lowest BCUT2D eigenvalue weighted by molar-refractivity contribution is -0.141. The Kier molecular flexibility index (Phi) is 3.45. The van der Waals surface area contributed by atoms with E-state index < -0.39 is 11.9 Å². The molecule has 0 bridgehead atoms. The van der Waals surface area contributed by atoms with E-state index in [0.29, 0.717) is 10.7 Å². The number of nitrogens with zero attached hydrogens (tertiary/aromatic N) is 2. The average Bonchev–Trinajstić information content (AvgIpc) is 2.66. The van der Waals surface area contributed by atoms with Crippen LogP contribution in [0, 0.1) is 6.92 Å². The topological polar surface area (TPSA) is 29.9 Å². The predicted octanol–water partition coefficient (Wildman–Crippen LogP) is 3.89. The van der Waals surface area contributed by atoms with Crippen molar-refractivity contribution in [3.63, 3.8) is 0 Å². The van der Waals surface area contributed by atoms with Crippen molar-refractivity contribution in [1.82, 2.24) is 9.78 Å². The Hall–Kier alpha value is -1.69. The van der Waals surface area contributed by atoms with Gasteiger partial charge in [0.25, 0.3) is 0 Å². The van der Waals surface area contributed by atoms with Crippen molar-refractivity contribution >= 4 is 17.4 Å². The van der Waals surface area contributed by atoms with Crippen LogP contribution in [-0.2, 0) is 6.18 Å². The van der Waals surface area contributed by atoms with Gasteiger partial charge in [-0.1, -0.05) is 17.7 Å². The molecule has 1 N–H and O–H groups in total. The molecule has 3 nitrogen and oxygen atoms in total. The number of hydrogen-bond donors (Lipinski definition) is 1. The summed E-state index contributed by atoms with van der Waals surface area (Å²) in [6.45, 7) is 1.38. The quantitative estimate of drug-likeness (QED) is 0.909. The van der Waals surface area contributed by atoms with Crippen LogP contribution in [0.25, 0.3) is 5.69 Å². The van der Waals surface area contributed by atoms with Crippen LogP contribution in [-0.4, -0.2) is 16.8 Å². The third-order valence-electron chi connectivity index (χ3n) is 2.68. The molecule has 0 unspecified atom stereocenters. The van der Waals surface area contributed by atoms with Crippen LogP contribution < -0.4 is 5.32 Å². The van der Waals surface area contributed by atoms with Gasteiger partial charge in [0.05, 0.1) is 5.69 Å². The van der Waals surface area contributed by atoms with E-state index in [-0.39, 0.29) is 11.4 Å². The molecule has 2 rings (SSSR count). The fraction of sp³-hybridized carbons (Fsp3) is 0.250. The molecule has 0 aliphatic rings. The van der Waals surface area contributed by atoms with E-state index in [4.69, 9.17) is 11.6 Å². The summed E-state index contributed by atoms with van der Waals surface area (Å²) in [5.41, 5.74) is -0.387. The van der Waals surface area contributed by atoms with E-state index in [9.17, 15) is 13.2 Å². The molecule has 0 amide bonds. The standard InChI is InChI=1S/C12H11ClF3N3/c1-7-10(12(14,15)16)18-19(11(7)17-2)9-5-3-4-8(13)6-9/h3-6,17H,1-2H3. The summed E-state index contributed by atoms with van der Waals surface area (Å²) in [6.07, 6.45) is -4.49. The molecule has 0 aliphatic heterocycles. The molecular weight excluding hydrogens is 279 g/mol. The van der Waals surface area contributed by atoms with Crippen LogP contribution in [0.15, 0.2) is 24.3 Å². The summed E-state index contributed by atoms with van der Waals surface area (Å²) < 4.78 is 39.7. The van der Waals surface area contributed by atoms with Crippen molar-refractivity contribution in [2.75, 3.05) is 12.4 Å². The molecule has 1 heterocycles. The Morgan fingerprint density at radius 1 is 1.32 bits per heavy atom. The molecule has 0 spiro atoms. The van der Waals surface area contributed by atoms with Crippen molar-refractivity contribution in [2.24, 2.45) is 0 Å². The van der Waals surface area contributed by atoms with E-state index in [1.807, 2.05) is 0 Å². The maximum Gasteiger partial charge on any atom is 0.435 e. The van der Waals surface area contributed by atoms with Crippen LogP contribution in [0.5, 0.6) is 0 Å². The number of anilines is 1. The maximum absolute atomic E-state index is 12.8. The maximum atomic E-state index is 12.8. The first-order chi connectivity index (χ1) is 8.84. The number of hydrogen-bond acceptors (Lipinski definition) is 2. The molecule has 0 atom stereocenters. The highest BCUT2D eigenvalue weighted by molar-refractivity contribution is 6.30. The molecule has 0 saturated heterocycles. The zero-order valence-electron chi connectivity index (χ0n) is 10.2. The zero-order valence-corrected chi connectivity index (χ0v) is 11.0. The molecule has 19 heavy (non-hydrogen) atoms. The Labute approximate surface area is 113 Å². The van der Waals surface area contributed by atoms with Crippen LogP contribution in [0.3, 0.4) is 0 Å². The van der Waals surface area contributed by atoms with Crippen molar-refractivity contribution in [3.05, 3.63) is 40.5 Å². The zero-order chi connectivity index (χ0) is 14.2. The number of nitrogens with one attached hydrogen (secondary N) is 1. The number of aromatic nitrogens is 2. The van der Waals surface area contributed by atoms with E-state index in [2.05, 4.69) is 10.4 Å². The molecule has 0 aliphatic carbocycles. The minimum Gasteiger partial charge on any atom is -0.373 e. The van der Waals surface area contributed by atoms with Gasteiger partial charge in [0.1, 0.15) is 5.82 Å². The predicted molar refractivity (Wildman–Crippen MR) is 67.9 cm³/mol. The average molecular weight is 290 g/mol. The third kappa shape index (κ3) is 2.53. The van der Waals surface area contributed by atoms with Crippen LogP contribution >= 0.6 is 11.6 Å². The minimum absolute atomic E-state index is 0.0509. The Morgan fingerprint density at radius 3 is 2.53 bits per heavy atom. The largest absolute Gasteiger partial charge is 0.435 e. The van der Waals surface area contributed by atoms with Gasteiger partial charge in [-0.15, -0.1) is 0 Å². The molecular formula is C12H11ClF3N3. The Morgan fingerprint density at radius 2 is 2.00 bits per heavy atom. The number of rotatable bonds is 2. The third-order valence-corrected chi connectivity index (χ3v) is 2.92. The summed E-state index contributed by atoms with van der Waals surface area (Å²) >= 11 is 5.84. The molecule has 2 aromatic rings. The molecule has 0 fully saturated rings. The molecule has 0 radical (unpaired) electrons. The minimum atomic E-state index is -4.49. The summed E-state index contributed by atoms with van der Waals surface area (Å²) in [5, 5.41) is 6.80. The van der Waals surface area contributed by atoms with Gasteiger partial charge in [-0.25, -0.2) is 4.68 Å². The number of halogens is 4. The van der Waals surface area contributed by atoms with Gasteiger partial charge >= 0.3 is 6.18 Å². The van der Waals surface area contributed by atoms with Crippen LogP contribution in [0.1, 0.15) is 11.3 Å². The summed E-state index contributed by atoms with van der Waals surface area (Å²) in [6, 6.07) is 6.49. The van der Waals surface area contributed by atoms with Crippen molar-refractivity contribution in [1.29, 1.82) is 0 Å². The fourth-order valence-corrected chi connectivity index (χ4v) is 2.04. The van der Waals surface area contributed by atoms with Crippen molar-refractivity contribution in [3.8, 4) is 5.69 Å². The number of benzene rings is 1. The second-order valence-corrected chi connectivity index (χ2v) is 4.40. The lowest BCUT2D eigenvalue weighted by atomic mass is 10.2. The monoisotopic (exact) mass is 289 g/mol. The smallest absolute Gasteiger partial charge is 0.373 e. The lowest BCUT2D eigenvalue weighted by Gasteiger charge is -2.07. The van der Waals surface area contributed by atoms with Gasteiger partial charge in [0, 0.05) is 17.6 Å². The van der Waals surface area contributed by atoms with Gasteiger partial charge < -0.3 is 5.32 Å². The fourth-order valence-electron chi connectivity index (χ4n) is 1.85. The second kappa shape index (κ2) is 4.77. The van der Waals surface area contributed by atoms with Crippen molar-refractivity contribution in [2.45, 2.75) is 13.1 Å². The highest BCUT2D eigenvalue weighted by Gasteiger charge is 2.37. The Bertz CT molecular complexity index is 605. The van der Waals surface area contributed by atoms with Crippen molar-refractivity contribution < 1.29 is 13.2 Å². The van der Waals surface area contributed by atoms with Crippen LogP contribution in [0.2, 0.25) is 5.02 Å². The Balaban J connectivity index is 2.64. The van der Waals surface area contributed by atoms with E-state index in [1.165, 1.54) is 11.6 Å². The van der Waals surface area contributed by atoms with E-state index in [0.717, 1.165) is 0 Å². The highest BCUT2D eigenvalue weighted by Crippen LogP contribution is 2.35. The van der Waals surface area contributed by atoms with Gasteiger partial charge in [-0.05, 0) is 25.1 Å². The van der Waals surface area contributed by atoms with E-state index >= 15 is 0 Å². The first-order valence-electron chi connectivity index (χ1n) is 5.45. The van der Waals surface area contributed by atoms with Gasteiger partial charge in [0.15, 0.2) is 5.69 Å². The second-order valence-electron chi connectivity index (χ2n) is 3.96.